The monoisotopic (exact) mass is 274 g/mol. The Morgan fingerprint density at radius 1 is 1.17 bits per heavy atom. The number of aromatic nitrogens is 3. The highest BCUT2D eigenvalue weighted by atomic mass is 32.1. The number of nitrogens with zero attached hydrogens (tertiary/aromatic N) is 3. The molecule has 0 radical (unpaired) electrons. The molecule has 0 aliphatic heterocycles. The number of hydrogen-bond acceptors (Lipinski definition) is 6. The number of hydrogen-bond donors (Lipinski definition) is 1. The zero-order valence-corrected chi connectivity index (χ0v) is 11.0. The van der Waals surface area contributed by atoms with Gasteiger partial charge in [0.05, 0.1) is 18.4 Å². The van der Waals surface area contributed by atoms with Crippen molar-refractivity contribution in [2.24, 2.45) is 0 Å². The Kier molecular flexibility index (Phi) is 3.29. The van der Waals surface area contributed by atoms with Gasteiger partial charge < -0.3 is 5.32 Å². The first kappa shape index (κ1) is 11.3. The molecule has 0 fully saturated rings. The van der Waals surface area contributed by atoms with Gasteiger partial charge in [-0.1, -0.05) is 34.8 Å². The highest BCUT2D eigenvalue weighted by molar-refractivity contribution is 7.10. The fourth-order valence-electron chi connectivity index (χ4n) is 1.54. The second-order valence-electron chi connectivity index (χ2n) is 3.63. The predicted octanol–water partition coefficient (Wildman–Crippen LogP) is 3.27. The summed E-state index contributed by atoms with van der Waals surface area (Å²) in [7, 11) is 0. The van der Waals surface area contributed by atoms with Crippen LogP contribution in [0.15, 0.2) is 41.9 Å². The third-order valence-corrected chi connectivity index (χ3v) is 3.87. The van der Waals surface area contributed by atoms with Crippen molar-refractivity contribution in [3.8, 4) is 11.3 Å². The normalized spacial score (nSPS) is 10.4. The lowest BCUT2D eigenvalue weighted by atomic mass is 10.2. The van der Waals surface area contributed by atoms with Crippen LogP contribution in [0.3, 0.4) is 0 Å². The van der Waals surface area contributed by atoms with Gasteiger partial charge in [-0.2, -0.15) is 0 Å². The van der Waals surface area contributed by atoms with E-state index in [1.165, 1.54) is 11.5 Å². The van der Waals surface area contributed by atoms with E-state index in [0.717, 1.165) is 21.3 Å². The van der Waals surface area contributed by atoms with Crippen molar-refractivity contribution in [2.45, 2.75) is 6.54 Å². The van der Waals surface area contributed by atoms with Gasteiger partial charge in [-0.15, -0.1) is 16.4 Å². The van der Waals surface area contributed by atoms with Crippen LogP contribution in [-0.4, -0.2) is 14.6 Å². The number of benzene rings is 1. The molecule has 0 aliphatic rings. The van der Waals surface area contributed by atoms with E-state index < -0.39 is 0 Å². The number of nitrogens with one attached hydrogen (secondary N) is 1. The molecular formula is C12H10N4S2. The predicted molar refractivity (Wildman–Crippen MR) is 74.8 cm³/mol. The number of thiazole rings is 1. The summed E-state index contributed by atoms with van der Waals surface area (Å²) in [4.78, 5) is 4.60. The summed E-state index contributed by atoms with van der Waals surface area (Å²) in [5.41, 5.74) is 2.18. The molecule has 0 spiro atoms. The minimum absolute atomic E-state index is 0.710. The molecule has 4 nitrogen and oxygen atoms in total. The Balaban J connectivity index is 1.70. The molecule has 0 saturated heterocycles. The van der Waals surface area contributed by atoms with Gasteiger partial charge in [0.25, 0.3) is 0 Å². The van der Waals surface area contributed by atoms with E-state index in [2.05, 4.69) is 37.4 Å². The standard InChI is InChI=1S/C12H10N4S2/c1-2-4-9(5-3-1)10-8-17-12(15-10)6-13-11-7-14-16-18-11/h1-5,7-8,13H,6H2. The Morgan fingerprint density at radius 2 is 2.06 bits per heavy atom. The second-order valence-corrected chi connectivity index (χ2v) is 5.36. The first-order valence-corrected chi connectivity index (χ1v) is 7.08. The van der Waals surface area contributed by atoms with Crippen LogP contribution >= 0.6 is 22.9 Å². The Morgan fingerprint density at radius 3 is 2.83 bits per heavy atom. The molecule has 0 saturated carbocycles. The summed E-state index contributed by atoms with van der Waals surface area (Å²) < 4.78 is 3.80. The Bertz CT molecular complexity index is 604. The molecule has 1 N–H and O–H groups in total. The third-order valence-electron chi connectivity index (χ3n) is 2.40. The van der Waals surface area contributed by atoms with Crippen LogP contribution in [0.2, 0.25) is 0 Å². The van der Waals surface area contributed by atoms with Gasteiger partial charge >= 0.3 is 0 Å². The van der Waals surface area contributed by atoms with Crippen molar-refractivity contribution in [3.63, 3.8) is 0 Å². The summed E-state index contributed by atoms with van der Waals surface area (Å²) in [6, 6.07) is 10.2. The lowest BCUT2D eigenvalue weighted by molar-refractivity contribution is 1.10. The largest absolute Gasteiger partial charge is 0.368 e. The van der Waals surface area contributed by atoms with Gasteiger partial charge in [0.1, 0.15) is 10.0 Å². The van der Waals surface area contributed by atoms with Gasteiger partial charge in [0, 0.05) is 22.5 Å². The van der Waals surface area contributed by atoms with E-state index >= 15 is 0 Å². The van der Waals surface area contributed by atoms with Gasteiger partial charge in [0.15, 0.2) is 0 Å². The zero-order valence-electron chi connectivity index (χ0n) is 9.41. The average Bonchev–Trinajstić information content (AvgIpc) is 3.09. The van der Waals surface area contributed by atoms with Gasteiger partial charge in [-0.3, -0.25) is 0 Å². The number of anilines is 1. The summed E-state index contributed by atoms with van der Waals surface area (Å²) in [5, 5.41) is 11.1. The van der Waals surface area contributed by atoms with Crippen LogP contribution in [0.5, 0.6) is 0 Å². The van der Waals surface area contributed by atoms with Gasteiger partial charge in [0.2, 0.25) is 0 Å². The molecule has 0 aliphatic carbocycles. The maximum absolute atomic E-state index is 4.60. The van der Waals surface area contributed by atoms with E-state index in [1.54, 1.807) is 17.5 Å². The molecule has 3 aromatic rings. The molecule has 0 unspecified atom stereocenters. The maximum atomic E-state index is 4.60. The topological polar surface area (TPSA) is 50.7 Å². The van der Waals surface area contributed by atoms with Crippen LogP contribution in [0.1, 0.15) is 5.01 Å². The smallest absolute Gasteiger partial charge is 0.130 e. The molecule has 0 atom stereocenters. The Hall–Kier alpha value is -1.79. The SMILES string of the molecule is c1ccc(-c2csc(CNc3cnns3)n2)cc1. The van der Waals surface area contributed by atoms with E-state index in [0.29, 0.717) is 6.54 Å². The van der Waals surface area contributed by atoms with Crippen LogP contribution in [0, 0.1) is 0 Å². The molecule has 18 heavy (non-hydrogen) atoms. The van der Waals surface area contributed by atoms with Crippen LogP contribution in [0.25, 0.3) is 11.3 Å². The molecule has 3 rings (SSSR count). The highest BCUT2D eigenvalue weighted by Gasteiger charge is 2.04. The van der Waals surface area contributed by atoms with Crippen molar-refractivity contribution in [1.82, 2.24) is 14.6 Å². The molecule has 2 aromatic heterocycles. The zero-order chi connectivity index (χ0) is 12.2. The van der Waals surface area contributed by atoms with E-state index in [-0.39, 0.29) is 0 Å². The molecular weight excluding hydrogens is 264 g/mol. The summed E-state index contributed by atoms with van der Waals surface area (Å²) in [6.45, 7) is 0.710. The minimum atomic E-state index is 0.710. The first-order valence-electron chi connectivity index (χ1n) is 5.43. The van der Waals surface area contributed by atoms with E-state index in [4.69, 9.17) is 0 Å². The molecule has 0 bridgehead atoms. The van der Waals surface area contributed by atoms with Crippen molar-refractivity contribution in [3.05, 3.63) is 46.9 Å². The molecule has 6 heteroatoms. The van der Waals surface area contributed by atoms with Crippen molar-refractivity contribution in [2.75, 3.05) is 5.32 Å². The van der Waals surface area contributed by atoms with Crippen molar-refractivity contribution in [1.29, 1.82) is 0 Å². The van der Waals surface area contributed by atoms with Crippen LogP contribution < -0.4 is 5.32 Å². The molecule has 2 heterocycles. The fourth-order valence-corrected chi connectivity index (χ4v) is 2.70. The summed E-state index contributed by atoms with van der Waals surface area (Å²) in [5.74, 6) is 0. The van der Waals surface area contributed by atoms with Crippen LogP contribution in [0.4, 0.5) is 5.00 Å². The summed E-state index contributed by atoms with van der Waals surface area (Å²) >= 11 is 3.01. The average molecular weight is 274 g/mol. The first-order chi connectivity index (χ1) is 8.92. The maximum Gasteiger partial charge on any atom is 0.130 e. The van der Waals surface area contributed by atoms with E-state index in [1.807, 2.05) is 18.2 Å². The minimum Gasteiger partial charge on any atom is -0.368 e. The lowest BCUT2D eigenvalue weighted by Crippen LogP contribution is -1.96. The third kappa shape index (κ3) is 2.55. The van der Waals surface area contributed by atoms with Gasteiger partial charge in [-0.05, 0) is 0 Å². The molecule has 0 amide bonds. The van der Waals surface area contributed by atoms with Gasteiger partial charge in [-0.25, -0.2) is 4.98 Å². The van der Waals surface area contributed by atoms with Crippen molar-refractivity contribution < 1.29 is 0 Å². The molecule has 90 valence electrons. The molecule has 1 aromatic carbocycles. The van der Waals surface area contributed by atoms with Crippen molar-refractivity contribution >= 4 is 27.9 Å². The lowest BCUT2D eigenvalue weighted by Gasteiger charge is -1.98. The van der Waals surface area contributed by atoms with E-state index in [9.17, 15) is 0 Å². The highest BCUT2D eigenvalue weighted by Crippen LogP contribution is 2.22. The quantitative estimate of drug-likeness (QED) is 0.793. The summed E-state index contributed by atoms with van der Waals surface area (Å²) in [6.07, 6.45) is 1.72. The fraction of sp³-hybridized carbons (Fsp3) is 0.0833. The van der Waals surface area contributed by atoms with Crippen LogP contribution in [-0.2, 0) is 6.54 Å². The second kappa shape index (κ2) is 5.24. The number of rotatable bonds is 4. The Labute approximate surface area is 113 Å².